The zero-order chi connectivity index (χ0) is 15.0. The van der Waals surface area contributed by atoms with E-state index in [1.807, 2.05) is 6.92 Å². The number of hydrogen-bond donors (Lipinski definition) is 1. The Balaban J connectivity index is 1.70. The Kier molecular flexibility index (Phi) is 3.66. The summed E-state index contributed by atoms with van der Waals surface area (Å²) in [6.07, 6.45) is 5.06. The van der Waals surface area contributed by atoms with E-state index in [1.54, 1.807) is 12.1 Å². The Hall–Kier alpha value is -1.91. The van der Waals surface area contributed by atoms with Crippen LogP contribution in [-0.4, -0.2) is 16.9 Å². The number of nitrogens with zero attached hydrogens (tertiary/aromatic N) is 1. The van der Waals surface area contributed by atoms with Crippen LogP contribution in [0.25, 0.3) is 0 Å². The van der Waals surface area contributed by atoms with E-state index in [1.165, 1.54) is 37.8 Å². The van der Waals surface area contributed by atoms with Gasteiger partial charge in [-0.3, -0.25) is 14.9 Å². The number of nitro groups is 1. The van der Waals surface area contributed by atoms with Gasteiger partial charge in [-0.05, 0) is 50.0 Å². The first-order valence-electron chi connectivity index (χ1n) is 7.60. The Morgan fingerprint density at radius 3 is 2.71 bits per heavy atom. The Morgan fingerprint density at radius 2 is 2.10 bits per heavy atom. The van der Waals surface area contributed by atoms with E-state index >= 15 is 0 Å². The molecule has 2 saturated carbocycles. The molecule has 2 bridgehead atoms. The van der Waals surface area contributed by atoms with Crippen LogP contribution in [0, 0.1) is 27.9 Å². The first kappa shape index (κ1) is 14.0. The van der Waals surface area contributed by atoms with Crippen molar-refractivity contribution in [3.8, 4) is 0 Å². The summed E-state index contributed by atoms with van der Waals surface area (Å²) in [5, 5.41) is 14.0. The monoisotopic (exact) mass is 288 g/mol. The molecule has 3 rings (SSSR count). The lowest BCUT2D eigenvalue weighted by Gasteiger charge is -2.28. The average Bonchev–Trinajstić information content (AvgIpc) is 3.09. The van der Waals surface area contributed by atoms with Crippen molar-refractivity contribution >= 4 is 11.6 Å². The number of hydrogen-bond acceptors (Lipinski definition) is 3. The van der Waals surface area contributed by atoms with Crippen LogP contribution >= 0.6 is 0 Å². The molecule has 4 atom stereocenters. The van der Waals surface area contributed by atoms with Gasteiger partial charge in [0.05, 0.1) is 4.92 Å². The van der Waals surface area contributed by atoms with E-state index in [9.17, 15) is 14.9 Å². The second-order valence-corrected chi connectivity index (χ2v) is 6.38. The maximum atomic E-state index is 12.3. The molecular formula is C16H20N2O3. The fourth-order valence-corrected chi connectivity index (χ4v) is 4.12. The molecule has 2 aliphatic rings. The lowest BCUT2D eigenvalue weighted by atomic mass is 9.84. The smallest absolute Gasteiger partial charge is 0.282 e. The molecule has 0 heterocycles. The molecule has 0 radical (unpaired) electrons. The molecule has 1 aromatic carbocycles. The molecule has 2 fully saturated rings. The summed E-state index contributed by atoms with van der Waals surface area (Å²) in [6, 6.07) is 6.20. The van der Waals surface area contributed by atoms with Gasteiger partial charge < -0.3 is 5.32 Å². The molecular weight excluding hydrogens is 268 g/mol. The predicted octanol–water partition coefficient (Wildman–Crippen LogP) is 3.15. The summed E-state index contributed by atoms with van der Waals surface area (Å²) in [7, 11) is 0. The van der Waals surface area contributed by atoms with Crippen molar-refractivity contribution in [2.45, 2.75) is 38.6 Å². The summed E-state index contributed by atoms with van der Waals surface area (Å²) in [5.41, 5.74) is 0.0210. The van der Waals surface area contributed by atoms with Gasteiger partial charge in [-0.1, -0.05) is 18.6 Å². The van der Waals surface area contributed by atoms with Crippen LogP contribution in [0.3, 0.4) is 0 Å². The van der Waals surface area contributed by atoms with E-state index < -0.39 is 4.92 Å². The molecule has 21 heavy (non-hydrogen) atoms. The molecule has 0 saturated heterocycles. The van der Waals surface area contributed by atoms with Crippen LogP contribution < -0.4 is 5.32 Å². The minimum atomic E-state index is -0.503. The number of carbonyl (C=O) groups excluding carboxylic acids is 1. The quantitative estimate of drug-likeness (QED) is 0.683. The summed E-state index contributed by atoms with van der Waals surface area (Å²) < 4.78 is 0. The van der Waals surface area contributed by atoms with Gasteiger partial charge in [0.1, 0.15) is 5.56 Å². The second-order valence-electron chi connectivity index (χ2n) is 6.38. The highest BCUT2D eigenvalue weighted by Gasteiger charge is 2.42. The SMILES string of the molecule is C[C@@H](NC(=O)c1ccccc1[N+](=O)[O-])[C@H]1C[C@@H]2CC[C@H]1C2. The molecule has 112 valence electrons. The van der Waals surface area contributed by atoms with Crippen molar-refractivity contribution in [3.63, 3.8) is 0 Å². The molecule has 5 nitrogen and oxygen atoms in total. The number of carbonyl (C=O) groups is 1. The molecule has 2 aliphatic carbocycles. The van der Waals surface area contributed by atoms with E-state index in [0.717, 1.165) is 11.8 Å². The molecule has 1 amide bonds. The Morgan fingerprint density at radius 1 is 1.33 bits per heavy atom. The van der Waals surface area contributed by atoms with Crippen LogP contribution in [0.5, 0.6) is 0 Å². The molecule has 1 N–H and O–H groups in total. The summed E-state index contributed by atoms with van der Waals surface area (Å²) >= 11 is 0. The van der Waals surface area contributed by atoms with Gasteiger partial charge in [-0.2, -0.15) is 0 Å². The number of amides is 1. The van der Waals surface area contributed by atoms with Crippen molar-refractivity contribution in [3.05, 3.63) is 39.9 Å². The first-order chi connectivity index (χ1) is 10.1. The van der Waals surface area contributed by atoms with Gasteiger partial charge in [0.2, 0.25) is 0 Å². The summed E-state index contributed by atoms with van der Waals surface area (Å²) in [5.74, 6) is 1.73. The minimum absolute atomic E-state index is 0.0765. The van der Waals surface area contributed by atoms with Crippen LogP contribution in [0.15, 0.2) is 24.3 Å². The summed E-state index contributed by atoms with van der Waals surface area (Å²) in [4.78, 5) is 22.8. The van der Waals surface area contributed by atoms with Crippen molar-refractivity contribution in [1.29, 1.82) is 0 Å². The lowest BCUT2D eigenvalue weighted by Crippen LogP contribution is -2.40. The van der Waals surface area contributed by atoms with Crippen molar-refractivity contribution in [1.82, 2.24) is 5.32 Å². The fourth-order valence-electron chi connectivity index (χ4n) is 4.12. The van der Waals surface area contributed by atoms with Crippen LogP contribution in [0.1, 0.15) is 43.0 Å². The third-order valence-corrected chi connectivity index (χ3v) is 5.14. The molecule has 0 aromatic heterocycles. The van der Waals surface area contributed by atoms with Crippen molar-refractivity contribution < 1.29 is 9.72 Å². The highest BCUT2D eigenvalue weighted by Crippen LogP contribution is 2.49. The maximum Gasteiger partial charge on any atom is 0.282 e. The number of fused-ring (bicyclic) bond motifs is 2. The van der Waals surface area contributed by atoms with Crippen LogP contribution in [0.2, 0.25) is 0 Å². The molecule has 5 heteroatoms. The Bertz CT molecular complexity index is 572. The van der Waals surface area contributed by atoms with E-state index in [-0.39, 0.29) is 23.2 Å². The fraction of sp³-hybridized carbons (Fsp3) is 0.562. The third-order valence-electron chi connectivity index (χ3n) is 5.14. The number of benzene rings is 1. The lowest BCUT2D eigenvalue weighted by molar-refractivity contribution is -0.385. The normalized spacial score (nSPS) is 28.3. The Labute approximate surface area is 123 Å². The van der Waals surface area contributed by atoms with E-state index in [4.69, 9.17) is 0 Å². The molecule has 0 aliphatic heterocycles. The maximum absolute atomic E-state index is 12.3. The molecule has 0 unspecified atom stereocenters. The van der Waals surface area contributed by atoms with E-state index in [2.05, 4.69) is 5.32 Å². The van der Waals surface area contributed by atoms with Gasteiger partial charge in [-0.25, -0.2) is 0 Å². The van der Waals surface area contributed by atoms with Gasteiger partial charge in [0.15, 0.2) is 0 Å². The first-order valence-corrected chi connectivity index (χ1v) is 7.60. The average molecular weight is 288 g/mol. The highest BCUT2D eigenvalue weighted by atomic mass is 16.6. The topological polar surface area (TPSA) is 72.2 Å². The van der Waals surface area contributed by atoms with Gasteiger partial charge in [0.25, 0.3) is 11.6 Å². The van der Waals surface area contributed by atoms with Crippen LogP contribution in [0.4, 0.5) is 5.69 Å². The number of nitro benzene ring substituents is 1. The number of rotatable bonds is 4. The molecule has 0 spiro atoms. The highest BCUT2D eigenvalue weighted by molar-refractivity contribution is 5.98. The number of para-hydroxylation sites is 1. The van der Waals surface area contributed by atoms with Gasteiger partial charge in [-0.15, -0.1) is 0 Å². The van der Waals surface area contributed by atoms with E-state index in [0.29, 0.717) is 5.92 Å². The predicted molar refractivity (Wildman–Crippen MR) is 79.0 cm³/mol. The minimum Gasteiger partial charge on any atom is -0.349 e. The van der Waals surface area contributed by atoms with Gasteiger partial charge in [0, 0.05) is 12.1 Å². The molecule has 1 aromatic rings. The van der Waals surface area contributed by atoms with Crippen LogP contribution in [-0.2, 0) is 0 Å². The zero-order valence-electron chi connectivity index (χ0n) is 12.1. The number of nitrogens with one attached hydrogen (secondary N) is 1. The van der Waals surface area contributed by atoms with Gasteiger partial charge >= 0.3 is 0 Å². The standard InChI is InChI=1S/C16H20N2O3/c1-10(14-9-11-6-7-12(14)8-11)17-16(19)13-4-2-3-5-15(13)18(20)21/h2-5,10-12,14H,6-9H2,1H3,(H,17,19)/t10-,11-,12+,14-/m1/s1. The van der Waals surface area contributed by atoms with Crippen molar-refractivity contribution in [2.24, 2.45) is 17.8 Å². The second kappa shape index (κ2) is 5.47. The zero-order valence-corrected chi connectivity index (χ0v) is 12.1. The third kappa shape index (κ3) is 2.64. The largest absolute Gasteiger partial charge is 0.349 e. The summed E-state index contributed by atoms with van der Waals surface area (Å²) in [6.45, 7) is 2.03. The van der Waals surface area contributed by atoms with Crippen molar-refractivity contribution in [2.75, 3.05) is 0 Å².